The van der Waals surface area contributed by atoms with Crippen LogP contribution >= 0.6 is 0 Å². The van der Waals surface area contributed by atoms with E-state index in [-0.39, 0.29) is 29.5 Å². The summed E-state index contributed by atoms with van der Waals surface area (Å²) in [7, 11) is -3.84. The number of amides is 1. The molecule has 0 atom stereocenters. The lowest BCUT2D eigenvalue weighted by Crippen LogP contribution is -2.63. The molecule has 0 bridgehead atoms. The summed E-state index contributed by atoms with van der Waals surface area (Å²) >= 11 is 0. The first-order chi connectivity index (χ1) is 9.71. The molecular formula is C14H17N3O3S. The smallest absolute Gasteiger partial charge is 0.244 e. The summed E-state index contributed by atoms with van der Waals surface area (Å²) in [6, 6.07) is 6.46. The third kappa shape index (κ3) is 2.52. The Hall–Kier alpha value is -1.91. The van der Waals surface area contributed by atoms with E-state index in [0.717, 1.165) is 0 Å². The molecule has 0 radical (unpaired) electrons. The van der Waals surface area contributed by atoms with E-state index < -0.39 is 15.6 Å². The summed E-state index contributed by atoms with van der Waals surface area (Å²) in [6.45, 7) is 5.30. The zero-order valence-electron chi connectivity index (χ0n) is 12.2. The number of benzene rings is 1. The molecule has 0 unspecified atom stereocenters. The van der Waals surface area contributed by atoms with Gasteiger partial charge in [0.15, 0.2) is 0 Å². The third-order valence-electron chi connectivity index (χ3n) is 3.66. The largest absolute Gasteiger partial charge is 0.353 e. The highest BCUT2D eigenvalue weighted by Gasteiger charge is 2.45. The van der Waals surface area contributed by atoms with E-state index in [4.69, 9.17) is 5.26 Å². The van der Waals surface area contributed by atoms with Crippen LogP contribution in [-0.4, -0.2) is 37.3 Å². The van der Waals surface area contributed by atoms with Gasteiger partial charge < -0.3 is 5.32 Å². The van der Waals surface area contributed by atoms with Crippen LogP contribution in [0.1, 0.15) is 25.0 Å². The number of hydrogen-bond donors (Lipinski definition) is 1. The summed E-state index contributed by atoms with van der Waals surface area (Å²) in [5, 5.41) is 11.6. The van der Waals surface area contributed by atoms with Gasteiger partial charge in [-0.15, -0.1) is 0 Å². The Kier molecular flexibility index (Phi) is 3.78. The van der Waals surface area contributed by atoms with Crippen molar-refractivity contribution >= 4 is 15.9 Å². The maximum atomic E-state index is 12.9. The molecule has 0 saturated carbocycles. The number of nitrogens with zero attached hydrogens (tertiary/aromatic N) is 2. The maximum Gasteiger partial charge on any atom is 0.244 e. The number of hydrogen-bond acceptors (Lipinski definition) is 4. The summed E-state index contributed by atoms with van der Waals surface area (Å²) in [5.74, 6) is -0.327. The van der Waals surface area contributed by atoms with Gasteiger partial charge in [0.25, 0.3) is 0 Å². The second-order valence-electron chi connectivity index (χ2n) is 5.48. The first kappa shape index (κ1) is 15.5. The van der Waals surface area contributed by atoms with Gasteiger partial charge in [-0.05, 0) is 38.5 Å². The second-order valence-corrected chi connectivity index (χ2v) is 7.31. The summed E-state index contributed by atoms with van der Waals surface area (Å²) in [4.78, 5) is 12.0. The average molecular weight is 307 g/mol. The number of sulfonamides is 1. The molecule has 1 aromatic rings. The maximum absolute atomic E-state index is 12.9. The van der Waals surface area contributed by atoms with Crippen molar-refractivity contribution in [2.45, 2.75) is 31.2 Å². The molecule has 1 aromatic carbocycles. The van der Waals surface area contributed by atoms with Gasteiger partial charge >= 0.3 is 0 Å². The van der Waals surface area contributed by atoms with Crippen molar-refractivity contribution in [3.05, 3.63) is 29.3 Å². The Morgan fingerprint density at radius 1 is 1.38 bits per heavy atom. The molecule has 21 heavy (non-hydrogen) atoms. The third-order valence-corrected chi connectivity index (χ3v) is 5.88. The van der Waals surface area contributed by atoms with Crippen molar-refractivity contribution in [2.75, 3.05) is 13.1 Å². The van der Waals surface area contributed by atoms with Crippen molar-refractivity contribution < 1.29 is 13.2 Å². The van der Waals surface area contributed by atoms with Crippen LogP contribution < -0.4 is 5.32 Å². The van der Waals surface area contributed by atoms with Crippen molar-refractivity contribution in [1.29, 1.82) is 5.26 Å². The predicted octanol–water partition coefficient (Wildman–Crippen LogP) is 0.766. The molecule has 1 saturated heterocycles. The molecular weight excluding hydrogens is 290 g/mol. The molecule has 1 N–H and O–H groups in total. The molecule has 0 spiro atoms. The highest BCUT2D eigenvalue weighted by Crippen LogP contribution is 2.28. The molecule has 7 heteroatoms. The van der Waals surface area contributed by atoms with Gasteiger partial charge in [0.2, 0.25) is 15.9 Å². The molecule has 0 aliphatic carbocycles. The Labute approximate surface area is 124 Å². The summed E-state index contributed by atoms with van der Waals surface area (Å²) in [5.41, 5.74) is -0.333. The minimum atomic E-state index is -3.84. The molecule has 6 nitrogen and oxygen atoms in total. The molecule has 1 fully saturated rings. The number of carbonyl (C=O) groups is 1. The SMILES string of the molecule is Cc1ccc(C#N)cc1S(=O)(=O)N1CCNC(=O)C1(C)C. The number of nitriles is 1. The molecule has 1 aliphatic rings. The van der Waals surface area contributed by atoms with Crippen LogP contribution in [0.4, 0.5) is 0 Å². The van der Waals surface area contributed by atoms with E-state index in [1.54, 1.807) is 32.9 Å². The number of piperazine rings is 1. The monoisotopic (exact) mass is 307 g/mol. The van der Waals surface area contributed by atoms with E-state index in [2.05, 4.69) is 5.32 Å². The van der Waals surface area contributed by atoms with Gasteiger partial charge in [0.05, 0.1) is 16.5 Å². The van der Waals surface area contributed by atoms with Gasteiger partial charge in [-0.25, -0.2) is 8.42 Å². The Bertz CT molecular complexity index is 732. The first-order valence-electron chi connectivity index (χ1n) is 6.53. The lowest BCUT2D eigenvalue weighted by atomic mass is 10.0. The highest BCUT2D eigenvalue weighted by atomic mass is 32.2. The van der Waals surface area contributed by atoms with Gasteiger partial charge in [-0.2, -0.15) is 9.57 Å². The van der Waals surface area contributed by atoms with Gasteiger partial charge in [0.1, 0.15) is 5.54 Å². The van der Waals surface area contributed by atoms with Gasteiger partial charge in [-0.3, -0.25) is 4.79 Å². The molecule has 2 rings (SSSR count). The highest BCUT2D eigenvalue weighted by molar-refractivity contribution is 7.89. The Morgan fingerprint density at radius 3 is 2.67 bits per heavy atom. The van der Waals surface area contributed by atoms with E-state index in [1.807, 2.05) is 6.07 Å². The Morgan fingerprint density at radius 2 is 2.05 bits per heavy atom. The van der Waals surface area contributed by atoms with Crippen LogP contribution in [0.3, 0.4) is 0 Å². The summed E-state index contributed by atoms with van der Waals surface area (Å²) in [6.07, 6.45) is 0. The second kappa shape index (κ2) is 5.13. The van der Waals surface area contributed by atoms with E-state index in [1.165, 1.54) is 10.4 Å². The number of nitrogens with one attached hydrogen (secondary N) is 1. The normalized spacial score (nSPS) is 18.9. The minimum absolute atomic E-state index is 0.0734. The van der Waals surface area contributed by atoms with Crippen LogP contribution in [0.15, 0.2) is 23.1 Å². The van der Waals surface area contributed by atoms with Crippen molar-refractivity contribution in [3.63, 3.8) is 0 Å². The fourth-order valence-corrected chi connectivity index (χ4v) is 4.37. The molecule has 1 heterocycles. The topological polar surface area (TPSA) is 90.3 Å². The standard InChI is InChI=1S/C14H17N3O3S/c1-10-4-5-11(9-15)8-12(10)21(19,20)17-7-6-16-13(18)14(17,2)3/h4-5,8H,6-7H2,1-3H3,(H,16,18). The number of carbonyl (C=O) groups excluding carboxylic acids is 1. The lowest BCUT2D eigenvalue weighted by molar-refractivity contribution is -0.131. The van der Waals surface area contributed by atoms with E-state index >= 15 is 0 Å². The van der Waals surface area contributed by atoms with E-state index in [0.29, 0.717) is 5.56 Å². The van der Waals surface area contributed by atoms with Gasteiger partial charge in [-0.1, -0.05) is 6.07 Å². The summed E-state index contributed by atoms with van der Waals surface area (Å²) < 4.78 is 26.9. The predicted molar refractivity (Wildman–Crippen MR) is 76.9 cm³/mol. The van der Waals surface area contributed by atoms with Crippen LogP contribution in [0.2, 0.25) is 0 Å². The van der Waals surface area contributed by atoms with Crippen molar-refractivity contribution in [2.24, 2.45) is 0 Å². The molecule has 1 amide bonds. The molecule has 0 aromatic heterocycles. The van der Waals surface area contributed by atoms with Crippen LogP contribution in [0.5, 0.6) is 0 Å². The minimum Gasteiger partial charge on any atom is -0.353 e. The number of aryl methyl sites for hydroxylation is 1. The van der Waals surface area contributed by atoms with Gasteiger partial charge in [0, 0.05) is 13.1 Å². The average Bonchev–Trinajstić information content (AvgIpc) is 2.42. The van der Waals surface area contributed by atoms with Crippen LogP contribution in [0.25, 0.3) is 0 Å². The van der Waals surface area contributed by atoms with Crippen LogP contribution in [0, 0.1) is 18.3 Å². The lowest BCUT2D eigenvalue weighted by Gasteiger charge is -2.40. The first-order valence-corrected chi connectivity index (χ1v) is 7.97. The van der Waals surface area contributed by atoms with Crippen LogP contribution in [-0.2, 0) is 14.8 Å². The Balaban J connectivity index is 2.57. The number of rotatable bonds is 2. The quantitative estimate of drug-likeness (QED) is 0.873. The zero-order chi connectivity index (χ0) is 15.8. The van der Waals surface area contributed by atoms with E-state index in [9.17, 15) is 13.2 Å². The zero-order valence-corrected chi connectivity index (χ0v) is 13.0. The fraction of sp³-hybridized carbons (Fsp3) is 0.429. The van der Waals surface area contributed by atoms with Crippen molar-refractivity contribution in [3.8, 4) is 6.07 Å². The molecule has 1 aliphatic heterocycles. The molecule has 112 valence electrons. The van der Waals surface area contributed by atoms with Crippen molar-refractivity contribution in [1.82, 2.24) is 9.62 Å². The fourth-order valence-electron chi connectivity index (χ4n) is 2.37.